The Balaban J connectivity index is 3.39. The molecule has 1 amide bonds. The summed E-state index contributed by atoms with van der Waals surface area (Å²) in [6.07, 6.45) is 45.2. The van der Waals surface area contributed by atoms with E-state index in [9.17, 15) is 4.79 Å². The lowest BCUT2D eigenvalue weighted by atomic mass is 9.97. The molecule has 0 rings (SSSR count). The van der Waals surface area contributed by atoms with E-state index in [1.165, 1.54) is 70.6 Å². The van der Waals surface area contributed by atoms with Crippen molar-refractivity contribution in [1.82, 2.24) is 0 Å². The second kappa shape index (κ2) is 27.2. The van der Waals surface area contributed by atoms with Gasteiger partial charge in [-0.05, 0) is 38.5 Å². The molecule has 1 unspecified atom stereocenters. The van der Waals surface area contributed by atoms with Gasteiger partial charge in [-0.25, -0.2) is 0 Å². The van der Waals surface area contributed by atoms with Crippen LogP contribution in [0.25, 0.3) is 0 Å². The Morgan fingerprint density at radius 3 is 1.56 bits per heavy atom. The van der Waals surface area contributed by atoms with Crippen molar-refractivity contribution in [3.63, 3.8) is 0 Å². The van der Waals surface area contributed by atoms with Gasteiger partial charge >= 0.3 is 0 Å². The number of amides is 1. The number of hydrogen-bond donors (Lipinski definition) is 1. The number of rotatable bonds is 23. The molecule has 0 aliphatic rings. The molecule has 2 heteroatoms. The van der Waals surface area contributed by atoms with Gasteiger partial charge in [-0.3, -0.25) is 4.79 Å². The molecule has 34 heavy (non-hydrogen) atoms. The number of carbonyl (C=O) groups excluding carboxylic acids is 1. The first kappa shape index (κ1) is 31.9. The van der Waals surface area contributed by atoms with Gasteiger partial charge < -0.3 is 5.73 Å². The minimum atomic E-state index is -0.122. The number of allylic oxidation sites excluding steroid dienone is 12. The summed E-state index contributed by atoms with van der Waals surface area (Å²) in [5, 5.41) is 0. The van der Waals surface area contributed by atoms with E-state index in [-0.39, 0.29) is 11.8 Å². The van der Waals surface area contributed by atoms with E-state index < -0.39 is 0 Å². The summed E-state index contributed by atoms with van der Waals surface area (Å²) in [6.45, 7) is 4.19. The monoisotopic (exact) mass is 467 g/mol. The van der Waals surface area contributed by atoms with Crippen LogP contribution in [-0.4, -0.2) is 5.91 Å². The van der Waals surface area contributed by atoms with Crippen LogP contribution < -0.4 is 5.73 Å². The maximum atomic E-state index is 11.2. The fourth-order valence-electron chi connectivity index (χ4n) is 3.84. The molecule has 0 saturated heterocycles. The van der Waals surface area contributed by atoms with E-state index >= 15 is 0 Å². The SMILES string of the molecule is CCC=CC=CC=CC=CC=CCC=CCCCCCCCCCCCCCC(CC)C(N)=O. The summed E-state index contributed by atoms with van der Waals surface area (Å²) in [5.74, 6) is -0.0310. The third kappa shape index (κ3) is 24.6. The molecular formula is C32H53NO. The Labute approximate surface area is 211 Å². The summed E-state index contributed by atoms with van der Waals surface area (Å²) < 4.78 is 0. The topological polar surface area (TPSA) is 43.1 Å². The molecule has 192 valence electrons. The van der Waals surface area contributed by atoms with Crippen LogP contribution in [0.2, 0.25) is 0 Å². The van der Waals surface area contributed by atoms with Gasteiger partial charge in [0.15, 0.2) is 0 Å². The molecule has 0 heterocycles. The molecule has 0 aliphatic heterocycles. The van der Waals surface area contributed by atoms with Crippen LogP contribution in [0.1, 0.15) is 117 Å². The lowest BCUT2D eigenvalue weighted by Gasteiger charge is -2.09. The van der Waals surface area contributed by atoms with E-state index in [4.69, 9.17) is 5.73 Å². The van der Waals surface area contributed by atoms with Crippen LogP contribution in [0.3, 0.4) is 0 Å². The lowest BCUT2D eigenvalue weighted by molar-refractivity contribution is -0.122. The molecule has 0 bridgehead atoms. The molecular weight excluding hydrogens is 414 g/mol. The van der Waals surface area contributed by atoms with Crippen molar-refractivity contribution in [1.29, 1.82) is 0 Å². The van der Waals surface area contributed by atoms with E-state index in [2.05, 4.69) is 74.6 Å². The molecule has 0 spiro atoms. The van der Waals surface area contributed by atoms with Crippen LogP contribution in [0, 0.1) is 5.92 Å². The predicted octanol–water partition coefficient (Wildman–Crippen LogP) is 9.71. The molecule has 1 atom stereocenters. The average molecular weight is 468 g/mol. The Morgan fingerprint density at radius 2 is 1.06 bits per heavy atom. The van der Waals surface area contributed by atoms with Crippen molar-refractivity contribution in [3.05, 3.63) is 72.9 Å². The summed E-state index contributed by atoms with van der Waals surface area (Å²) in [5.41, 5.74) is 5.40. The van der Waals surface area contributed by atoms with E-state index in [0.29, 0.717) is 0 Å². The molecule has 2 N–H and O–H groups in total. The Hall–Kier alpha value is -2.09. The quantitative estimate of drug-likeness (QED) is 0.0906. The standard InChI is InChI=1S/C32H53NO/c1-3-5-6-7-8-9-10-11-12-13-14-15-16-17-18-19-20-21-22-23-24-25-26-27-28-29-30-31(4-2)32(33)34/h5-14,16-17,31H,3-4,15,18-30H2,1-2H3,(H2,33,34). The van der Waals surface area contributed by atoms with Crippen molar-refractivity contribution < 1.29 is 4.79 Å². The van der Waals surface area contributed by atoms with Gasteiger partial charge in [-0.1, -0.05) is 151 Å². The van der Waals surface area contributed by atoms with Gasteiger partial charge in [0, 0.05) is 5.92 Å². The van der Waals surface area contributed by atoms with E-state index in [1.807, 2.05) is 12.2 Å². The van der Waals surface area contributed by atoms with Crippen molar-refractivity contribution in [2.75, 3.05) is 0 Å². The first-order chi connectivity index (χ1) is 16.7. The summed E-state index contributed by atoms with van der Waals surface area (Å²) >= 11 is 0. The fraction of sp³-hybridized carbons (Fsp3) is 0.594. The molecule has 0 aliphatic carbocycles. The first-order valence-electron chi connectivity index (χ1n) is 14.0. The van der Waals surface area contributed by atoms with Gasteiger partial charge in [0.25, 0.3) is 0 Å². The van der Waals surface area contributed by atoms with Crippen LogP contribution in [0.4, 0.5) is 0 Å². The molecule has 0 aromatic carbocycles. The zero-order valence-corrected chi connectivity index (χ0v) is 22.3. The Kier molecular flexibility index (Phi) is 25.5. The maximum Gasteiger partial charge on any atom is 0.220 e. The van der Waals surface area contributed by atoms with Gasteiger partial charge in [-0.2, -0.15) is 0 Å². The summed E-state index contributed by atoms with van der Waals surface area (Å²) in [6, 6.07) is 0. The highest BCUT2D eigenvalue weighted by atomic mass is 16.1. The fourth-order valence-corrected chi connectivity index (χ4v) is 3.84. The Morgan fingerprint density at radius 1 is 0.588 bits per heavy atom. The first-order valence-corrected chi connectivity index (χ1v) is 14.0. The van der Waals surface area contributed by atoms with Crippen LogP contribution in [-0.2, 0) is 4.79 Å². The second-order valence-corrected chi connectivity index (χ2v) is 9.10. The van der Waals surface area contributed by atoms with Gasteiger partial charge in [-0.15, -0.1) is 0 Å². The third-order valence-corrected chi connectivity index (χ3v) is 6.04. The lowest BCUT2D eigenvalue weighted by Crippen LogP contribution is -2.22. The number of unbranched alkanes of at least 4 members (excludes halogenated alkanes) is 11. The van der Waals surface area contributed by atoms with Crippen molar-refractivity contribution >= 4 is 5.91 Å². The van der Waals surface area contributed by atoms with Crippen molar-refractivity contribution in [3.8, 4) is 0 Å². The highest BCUT2D eigenvalue weighted by molar-refractivity contribution is 5.76. The van der Waals surface area contributed by atoms with Crippen LogP contribution >= 0.6 is 0 Å². The zero-order valence-electron chi connectivity index (χ0n) is 22.3. The third-order valence-electron chi connectivity index (χ3n) is 6.04. The van der Waals surface area contributed by atoms with Gasteiger partial charge in [0.05, 0.1) is 0 Å². The van der Waals surface area contributed by atoms with Crippen molar-refractivity contribution in [2.24, 2.45) is 11.7 Å². The van der Waals surface area contributed by atoms with E-state index in [1.54, 1.807) is 0 Å². The smallest absolute Gasteiger partial charge is 0.220 e. The minimum absolute atomic E-state index is 0.0913. The van der Waals surface area contributed by atoms with Gasteiger partial charge in [0.2, 0.25) is 5.91 Å². The molecule has 0 aromatic rings. The number of hydrogen-bond acceptors (Lipinski definition) is 1. The molecule has 0 saturated carbocycles. The Bertz CT molecular complexity index is 621. The van der Waals surface area contributed by atoms with Crippen LogP contribution in [0.5, 0.6) is 0 Å². The maximum absolute atomic E-state index is 11.2. The highest BCUT2D eigenvalue weighted by Gasteiger charge is 2.11. The number of nitrogens with two attached hydrogens (primary N) is 1. The molecule has 2 nitrogen and oxygen atoms in total. The number of carbonyl (C=O) groups is 1. The van der Waals surface area contributed by atoms with Crippen LogP contribution in [0.15, 0.2) is 72.9 Å². The number of primary amides is 1. The normalized spacial score (nSPS) is 13.7. The second-order valence-electron chi connectivity index (χ2n) is 9.10. The largest absolute Gasteiger partial charge is 0.369 e. The molecule has 0 aromatic heterocycles. The summed E-state index contributed by atoms with van der Waals surface area (Å²) in [7, 11) is 0. The summed E-state index contributed by atoms with van der Waals surface area (Å²) in [4.78, 5) is 11.2. The van der Waals surface area contributed by atoms with Crippen molar-refractivity contribution in [2.45, 2.75) is 117 Å². The van der Waals surface area contributed by atoms with Gasteiger partial charge in [0.1, 0.15) is 0 Å². The molecule has 0 fully saturated rings. The van der Waals surface area contributed by atoms with E-state index in [0.717, 1.165) is 32.1 Å². The highest BCUT2D eigenvalue weighted by Crippen LogP contribution is 2.16. The predicted molar refractivity (Wildman–Crippen MR) is 153 cm³/mol. The molecule has 0 radical (unpaired) electrons. The average Bonchev–Trinajstić information content (AvgIpc) is 2.83. The zero-order chi connectivity index (χ0) is 25.0. The minimum Gasteiger partial charge on any atom is -0.369 e.